The zero-order valence-electron chi connectivity index (χ0n) is 9.53. The van der Waals surface area contributed by atoms with E-state index in [2.05, 4.69) is 33.6 Å². The predicted octanol–water partition coefficient (Wildman–Crippen LogP) is 1.76. The SMILES string of the molecule is Cc1n[nH]c(=S)n1C1CCN(C)CC1C. The van der Waals surface area contributed by atoms with Crippen molar-refractivity contribution in [2.24, 2.45) is 5.92 Å². The first-order chi connectivity index (χ1) is 7.09. The van der Waals surface area contributed by atoms with Gasteiger partial charge in [-0.05, 0) is 45.1 Å². The molecule has 1 aliphatic heterocycles. The number of hydrogen-bond acceptors (Lipinski definition) is 3. The zero-order chi connectivity index (χ0) is 11.0. The summed E-state index contributed by atoms with van der Waals surface area (Å²) in [6.45, 7) is 6.57. The number of hydrogen-bond donors (Lipinski definition) is 1. The lowest BCUT2D eigenvalue weighted by Gasteiger charge is -2.35. The second kappa shape index (κ2) is 4.06. The van der Waals surface area contributed by atoms with Gasteiger partial charge in [0.1, 0.15) is 5.82 Å². The Bertz CT molecular complexity index is 394. The maximum atomic E-state index is 5.27. The molecule has 2 heterocycles. The molecule has 1 saturated heterocycles. The quantitative estimate of drug-likeness (QED) is 0.741. The molecule has 15 heavy (non-hydrogen) atoms. The molecule has 1 N–H and O–H groups in total. The van der Waals surface area contributed by atoms with Crippen LogP contribution >= 0.6 is 12.2 Å². The highest BCUT2D eigenvalue weighted by Gasteiger charge is 2.27. The number of likely N-dealkylation sites (tertiary alicyclic amines) is 1. The third-order valence-corrected chi connectivity index (χ3v) is 3.56. The van der Waals surface area contributed by atoms with Gasteiger partial charge in [-0.1, -0.05) is 6.92 Å². The number of rotatable bonds is 1. The fourth-order valence-electron chi connectivity index (χ4n) is 2.50. The van der Waals surface area contributed by atoms with E-state index in [4.69, 9.17) is 12.2 Å². The molecule has 0 saturated carbocycles. The van der Waals surface area contributed by atoms with E-state index >= 15 is 0 Å². The summed E-state index contributed by atoms with van der Waals surface area (Å²) < 4.78 is 2.93. The topological polar surface area (TPSA) is 36.9 Å². The van der Waals surface area contributed by atoms with Crippen LogP contribution in [-0.2, 0) is 0 Å². The number of aromatic amines is 1. The van der Waals surface area contributed by atoms with E-state index in [1.54, 1.807) is 0 Å². The molecule has 0 spiro atoms. The second-order valence-electron chi connectivity index (χ2n) is 4.54. The maximum absolute atomic E-state index is 5.27. The highest BCUT2D eigenvalue weighted by Crippen LogP contribution is 2.28. The highest BCUT2D eigenvalue weighted by molar-refractivity contribution is 7.71. The first-order valence-corrected chi connectivity index (χ1v) is 5.82. The van der Waals surface area contributed by atoms with Gasteiger partial charge in [-0.25, -0.2) is 0 Å². The largest absolute Gasteiger partial charge is 0.306 e. The van der Waals surface area contributed by atoms with Crippen LogP contribution in [0.5, 0.6) is 0 Å². The minimum atomic E-state index is 0.507. The van der Waals surface area contributed by atoms with Crippen molar-refractivity contribution < 1.29 is 0 Å². The lowest BCUT2D eigenvalue weighted by molar-refractivity contribution is 0.156. The third-order valence-electron chi connectivity index (χ3n) is 3.28. The average Bonchev–Trinajstić information content (AvgIpc) is 2.48. The normalized spacial score (nSPS) is 28.2. The van der Waals surface area contributed by atoms with Crippen molar-refractivity contribution in [3.8, 4) is 0 Å². The Morgan fingerprint density at radius 2 is 2.27 bits per heavy atom. The zero-order valence-corrected chi connectivity index (χ0v) is 10.3. The molecule has 0 bridgehead atoms. The molecule has 1 aromatic rings. The Hall–Kier alpha value is -0.680. The van der Waals surface area contributed by atoms with Crippen molar-refractivity contribution >= 4 is 12.2 Å². The van der Waals surface area contributed by atoms with Crippen LogP contribution in [0.15, 0.2) is 0 Å². The number of piperidine rings is 1. The van der Waals surface area contributed by atoms with Crippen LogP contribution in [0.3, 0.4) is 0 Å². The molecule has 1 fully saturated rings. The van der Waals surface area contributed by atoms with Crippen molar-refractivity contribution in [1.82, 2.24) is 19.7 Å². The van der Waals surface area contributed by atoms with Crippen LogP contribution in [-0.4, -0.2) is 39.8 Å². The van der Waals surface area contributed by atoms with Crippen molar-refractivity contribution in [3.63, 3.8) is 0 Å². The second-order valence-corrected chi connectivity index (χ2v) is 4.93. The van der Waals surface area contributed by atoms with Gasteiger partial charge in [0.05, 0.1) is 0 Å². The van der Waals surface area contributed by atoms with Crippen LogP contribution in [0.2, 0.25) is 0 Å². The van der Waals surface area contributed by atoms with Crippen molar-refractivity contribution in [1.29, 1.82) is 0 Å². The maximum Gasteiger partial charge on any atom is 0.195 e. The number of aryl methyl sites for hydroxylation is 1. The van der Waals surface area contributed by atoms with E-state index in [9.17, 15) is 0 Å². The van der Waals surface area contributed by atoms with Gasteiger partial charge < -0.3 is 9.47 Å². The van der Waals surface area contributed by atoms with E-state index in [0.717, 1.165) is 30.1 Å². The number of H-pyrrole nitrogens is 1. The van der Waals surface area contributed by atoms with Gasteiger partial charge in [-0.15, -0.1) is 0 Å². The van der Waals surface area contributed by atoms with Gasteiger partial charge in [-0.2, -0.15) is 5.10 Å². The van der Waals surface area contributed by atoms with Crippen molar-refractivity contribution in [2.45, 2.75) is 26.3 Å². The van der Waals surface area contributed by atoms with Gasteiger partial charge in [0.25, 0.3) is 0 Å². The molecule has 2 rings (SSSR count). The molecule has 0 aliphatic carbocycles. The highest BCUT2D eigenvalue weighted by atomic mass is 32.1. The average molecular weight is 226 g/mol. The Labute approximate surface area is 95.3 Å². The number of nitrogens with zero attached hydrogens (tertiary/aromatic N) is 3. The Kier molecular flexibility index (Phi) is 2.93. The smallest absolute Gasteiger partial charge is 0.195 e. The first-order valence-electron chi connectivity index (χ1n) is 5.41. The van der Waals surface area contributed by atoms with E-state index in [0.29, 0.717) is 12.0 Å². The van der Waals surface area contributed by atoms with Crippen LogP contribution in [0.1, 0.15) is 25.2 Å². The summed E-state index contributed by atoms with van der Waals surface area (Å²) in [5, 5.41) is 7.05. The molecular weight excluding hydrogens is 208 g/mol. The summed E-state index contributed by atoms with van der Waals surface area (Å²) in [7, 11) is 2.17. The summed E-state index contributed by atoms with van der Waals surface area (Å²) in [5.74, 6) is 1.63. The molecule has 84 valence electrons. The molecule has 0 radical (unpaired) electrons. The van der Waals surface area contributed by atoms with Gasteiger partial charge in [0, 0.05) is 12.6 Å². The molecule has 1 aliphatic rings. The van der Waals surface area contributed by atoms with Crippen LogP contribution in [0.4, 0.5) is 0 Å². The summed E-state index contributed by atoms with van der Waals surface area (Å²) in [5.41, 5.74) is 0. The number of aromatic nitrogens is 3. The first kappa shape index (κ1) is 10.8. The van der Waals surface area contributed by atoms with E-state index in [-0.39, 0.29) is 0 Å². The Morgan fingerprint density at radius 3 is 2.80 bits per heavy atom. The van der Waals surface area contributed by atoms with Gasteiger partial charge in [0.15, 0.2) is 4.77 Å². The molecule has 5 heteroatoms. The number of nitrogens with one attached hydrogen (secondary N) is 1. The molecular formula is C10H18N4S. The molecule has 2 atom stereocenters. The Balaban J connectivity index is 2.28. The standard InChI is InChI=1S/C10H18N4S/c1-7-6-13(3)5-4-9(7)14-8(2)11-12-10(14)15/h7,9H,4-6H2,1-3H3,(H,12,15). The van der Waals surface area contributed by atoms with Gasteiger partial charge >= 0.3 is 0 Å². The minimum absolute atomic E-state index is 0.507. The fourth-order valence-corrected chi connectivity index (χ4v) is 2.81. The summed E-state index contributed by atoms with van der Waals surface area (Å²) in [6, 6.07) is 0.507. The fraction of sp³-hybridized carbons (Fsp3) is 0.800. The van der Waals surface area contributed by atoms with E-state index in [1.807, 2.05) is 6.92 Å². The van der Waals surface area contributed by atoms with Crippen LogP contribution in [0.25, 0.3) is 0 Å². The molecule has 4 nitrogen and oxygen atoms in total. The molecule has 2 unspecified atom stereocenters. The lowest BCUT2D eigenvalue weighted by atomic mass is 9.94. The van der Waals surface area contributed by atoms with E-state index < -0.39 is 0 Å². The van der Waals surface area contributed by atoms with Crippen molar-refractivity contribution in [2.75, 3.05) is 20.1 Å². The minimum Gasteiger partial charge on any atom is -0.306 e. The molecule has 0 aromatic carbocycles. The summed E-state index contributed by atoms with van der Waals surface area (Å²) in [6.07, 6.45) is 1.16. The predicted molar refractivity (Wildman–Crippen MR) is 62.5 cm³/mol. The van der Waals surface area contributed by atoms with Gasteiger partial charge in [0.2, 0.25) is 0 Å². The van der Waals surface area contributed by atoms with Crippen LogP contribution < -0.4 is 0 Å². The third kappa shape index (κ3) is 1.99. The van der Waals surface area contributed by atoms with Crippen molar-refractivity contribution in [3.05, 3.63) is 10.6 Å². The summed E-state index contributed by atoms with van der Waals surface area (Å²) >= 11 is 5.27. The Morgan fingerprint density at radius 1 is 1.53 bits per heavy atom. The summed E-state index contributed by atoms with van der Waals surface area (Å²) in [4.78, 5) is 2.38. The molecule has 1 aromatic heterocycles. The molecule has 0 amide bonds. The van der Waals surface area contributed by atoms with Gasteiger partial charge in [-0.3, -0.25) is 5.10 Å². The monoisotopic (exact) mass is 226 g/mol. The van der Waals surface area contributed by atoms with Crippen LogP contribution in [0, 0.1) is 17.6 Å². The van der Waals surface area contributed by atoms with E-state index in [1.165, 1.54) is 0 Å². The lowest BCUT2D eigenvalue weighted by Crippen LogP contribution is -2.38.